The molecule has 0 amide bonds. The number of halogens is 3. The molecular formula is C14H11Cl2FO. The van der Waals surface area contributed by atoms with Gasteiger partial charge in [-0.2, -0.15) is 0 Å². The molecule has 94 valence electrons. The Morgan fingerprint density at radius 1 is 1.00 bits per heavy atom. The Bertz CT molecular complexity index is 565. The lowest BCUT2D eigenvalue weighted by atomic mass is 9.88. The average molecular weight is 285 g/mol. The van der Waals surface area contributed by atoms with Crippen LogP contribution in [0.2, 0.25) is 10.0 Å². The maximum Gasteiger partial charge on any atom is 0.131 e. The minimum Gasteiger partial charge on any atom is -0.381 e. The maximum absolute atomic E-state index is 13.8. The van der Waals surface area contributed by atoms with E-state index < -0.39 is 11.4 Å². The van der Waals surface area contributed by atoms with Gasteiger partial charge in [0.1, 0.15) is 11.4 Å². The highest BCUT2D eigenvalue weighted by atomic mass is 35.5. The van der Waals surface area contributed by atoms with Crippen molar-refractivity contribution in [3.05, 3.63) is 69.5 Å². The third kappa shape index (κ3) is 2.51. The van der Waals surface area contributed by atoms with Crippen molar-refractivity contribution in [2.75, 3.05) is 0 Å². The van der Waals surface area contributed by atoms with Crippen molar-refractivity contribution in [1.82, 2.24) is 0 Å². The number of rotatable bonds is 2. The summed E-state index contributed by atoms with van der Waals surface area (Å²) >= 11 is 11.5. The topological polar surface area (TPSA) is 20.2 Å². The molecule has 4 heteroatoms. The van der Waals surface area contributed by atoms with Crippen molar-refractivity contribution in [2.45, 2.75) is 12.5 Å². The molecule has 0 aliphatic carbocycles. The lowest BCUT2D eigenvalue weighted by Crippen LogP contribution is -2.24. The van der Waals surface area contributed by atoms with Gasteiger partial charge in [0.2, 0.25) is 0 Å². The van der Waals surface area contributed by atoms with Crippen LogP contribution in [-0.4, -0.2) is 5.11 Å². The standard InChI is InChI=1S/C14H11Cl2FO/c1-14(18,9-2-4-10(15)5-3-9)12-7-6-11(16)8-13(12)17/h2-8,18H,1H3. The van der Waals surface area contributed by atoms with Gasteiger partial charge in [0.05, 0.1) is 0 Å². The molecule has 0 fully saturated rings. The van der Waals surface area contributed by atoms with E-state index in [-0.39, 0.29) is 5.56 Å². The lowest BCUT2D eigenvalue weighted by Gasteiger charge is -2.25. The van der Waals surface area contributed by atoms with Crippen molar-refractivity contribution in [2.24, 2.45) is 0 Å². The van der Waals surface area contributed by atoms with Gasteiger partial charge in [-0.1, -0.05) is 41.4 Å². The number of benzene rings is 2. The van der Waals surface area contributed by atoms with Crippen LogP contribution in [0.1, 0.15) is 18.1 Å². The molecule has 0 saturated heterocycles. The van der Waals surface area contributed by atoms with Gasteiger partial charge in [-0.15, -0.1) is 0 Å². The minimum absolute atomic E-state index is 0.175. The predicted molar refractivity (Wildman–Crippen MR) is 71.5 cm³/mol. The zero-order chi connectivity index (χ0) is 13.3. The van der Waals surface area contributed by atoms with Crippen LogP contribution in [0.4, 0.5) is 4.39 Å². The summed E-state index contributed by atoms with van der Waals surface area (Å²) in [5.74, 6) is -0.539. The van der Waals surface area contributed by atoms with Gasteiger partial charge >= 0.3 is 0 Å². The van der Waals surface area contributed by atoms with E-state index in [2.05, 4.69) is 0 Å². The summed E-state index contributed by atoms with van der Waals surface area (Å²) in [5.41, 5.74) is -0.693. The molecule has 0 saturated carbocycles. The molecule has 18 heavy (non-hydrogen) atoms. The van der Waals surface area contributed by atoms with E-state index in [1.807, 2.05) is 0 Å². The second-order valence-corrected chi connectivity index (χ2v) is 5.08. The van der Waals surface area contributed by atoms with Crippen LogP contribution in [0, 0.1) is 5.82 Å². The normalized spacial score (nSPS) is 14.3. The smallest absolute Gasteiger partial charge is 0.131 e. The van der Waals surface area contributed by atoms with Crippen LogP contribution in [0.3, 0.4) is 0 Å². The summed E-state index contributed by atoms with van der Waals surface area (Å²) in [6, 6.07) is 10.8. The van der Waals surface area contributed by atoms with Crippen molar-refractivity contribution >= 4 is 23.2 Å². The Hall–Kier alpha value is -1.09. The molecule has 1 nitrogen and oxygen atoms in total. The van der Waals surface area contributed by atoms with Crippen molar-refractivity contribution in [3.63, 3.8) is 0 Å². The molecule has 0 aliphatic rings. The van der Waals surface area contributed by atoms with Gasteiger partial charge in [-0.05, 0) is 36.8 Å². The van der Waals surface area contributed by atoms with Gasteiger partial charge in [0.15, 0.2) is 0 Å². The minimum atomic E-state index is -1.43. The van der Waals surface area contributed by atoms with Crippen LogP contribution in [-0.2, 0) is 5.60 Å². The van der Waals surface area contributed by atoms with Gasteiger partial charge in [-0.25, -0.2) is 4.39 Å². The zero-order valence-corrected chi connectivity index (χ0v) is 11.1. The van der Waals surface area contributed by atoms with Crippen molar-refractivity contribution < 1.29 is 9.50 Å². The highest BCUT2D eigenvalue weighted by molar-refractivity contribution is 6.30. The van der Waals surface area contributed by atoms with Gasteiger partial charge < -0.3 is 5.11 Å². The summed E-state index contributed by atoms with van der Waals surface area (Å²) < 4.78 is 13.8. The van der Waals surface area contributed by atoms with E-state index >= 15 is 0 Å². The zero-order valence-electron chi connectivity index (χ0n) is 9.62. The van der Waals surface area contributed by atoms with E-state index in [1.165, 1.54) is 19.1 Å². The largest absolute Gasteiger partial charge is 0.381 e. The molecule has 0 radical (unpaired) electrons. The summed E-state index contributed by atoms with van der Waals surface area (Å²) in [4.78, 5) is 0. The molecule has 1 N–H and O–H groups in total. The Labute approximate surface area is 115 Å². The Morgan fingerprint density at radius 2 is 1.56 bits per heavy atom. The number of hydrogen-bond acceptors (Lipinski definition) is 1. The second-order valence-electron chi connectivity index (χ2n) is 4.20. The molecule has 0 aliphatic heterocycles. The predicted octanol–water partition coefficient (Wildman–Crippen LogP) is 4.39. The Morgan fingerprint density at radius 3 is 2.11 bits per heavy atom. The lowest BCUT2D eigenvalue weighted by molar-refractivity contribution is 0.0980. The van der Waals surface area contributed by atoms with E-state index in [9.17, 15) is 9.50 Å². The quantitative estimate of drug-likeness (QED) is 0.867. The van der Waals surface area contributed by atoms with Crippen molar-refractivity contribution in [3.8, 4) is 0 Å². The molecule has 1 atom stereocenters. The fourth-order valence-electron chi connectivity index (χ4n) is 1.81. The molecule has 0 aromatic heterocycles. The Kier molecular flexibility index (Phi) is 3.62. The summed E-state index contributed by atoms with van der Waals surface area (Å²) in [5, 5.41) is 11.3. The second kappa shape index (κ2) is 4.88. The maximum atomic E-state index is 13.8. The molecule has 0 bridgehead atoms. The first-order valence-electron chi connectivity index (χ1n) is 5.35. The Balaban J connectivity index is 2.50. The average Bonchev–Trinajstić information content (AvgIpc) is 2.29. The number of aliphatic hydroxyl groups is 1. The molecule has 2 aromatic carbocycles. The summed E-state index contributed by atoms with van der Waals surface area (Å²) in [7, 11) is 0. The molecule has 2 rings (SSSR count). The molecular weight excluding hydrogens is 274 g/mol. The first kappa shape index (κ1) is 13.3. The highest BCUT2D eigenvalue weighted by Gasteiger charge is 2.28. The van der Waals surface area contributed by atoms with Gasteiger partial charge in [0.25, 0.3) is 0 Å². The fourth-order valence-corrected chi connectivity index (χ4v) is 2.10. The monoisotopic (exact) mass is 284 g/mol. The third-order valence-electron chi connectivity index (χ3n) is 2.86. The molecule has 0 heterocycles. The molecule has 2 aromatic rings. The van der Waals surface area contributed by atoms with Gasteiger partial charge in [-0.3, -0.25) is 0 Å². The fraction of sp³-hybridized carbons (Fsp3) is 0.143. The first-order valence-corrected chi connectivity index (χ1v) is 6.11. The van der Waals surface area contributed by atoms with E-state index in [0.717, 1.165) is 0 Å². The van der Waals surface area contributed by atoms with Crippen molar-refractivity contribution in [1.29, 1.82) is 0 Å². The van der Waals surface area contributed by atoms with E-state index in [4.69, 9.17) is 23.2 Å². The van der Waals surface area contributed by atoms with Gasteiger partial charge in [0, 0.05) is 15.6 Å². The first-order chi connectivity index (χ1) is 8.41. The SMILES string of the molecule is CC(O)(c1ccc(Cl)cc1)c1ccc(Cl)cc1F. The van der Waals surface area contributed by atoms with Crippen LogP contribution in [0.15, 0.2) is 42.5 Å². The van der Waals surface area contributed by atoms with Crippen LogP contribution in [0.5, 0.6) is 0 Å². The van der Waals surface area contributed by atoms with E-state index in [1.54, 1.807) is 30.3 Å². The summed E-state index contributed by atoms with van der Waals surface area (Å²) in [6.45, 7) is 1.53. The van der Waals surface area contributed by atoms with E-state index in [0.29, 0.717) is 15.6 Å². The summed E-state index contributed by atoms with van der Waals surface area (Å²) in [6.07, 6.45) is 0. The third-order valence-corrected chi connectivity index (χ3v) is 3.35. The van der Waals surface area contributed by atoms with Crippen LogP contribution in [0.25, 0.3) is 0 Å². The molecule has 0 spiro atoms. The highest BCUT2D eigenvalue weighted by Crippen LogP contribution is 2.32. The van der Waals surface area contributed by atoms with Crippen LogP contribution >= 0.6 is 23.2 Å². The molecule has 1 unspecified atom stereocenters. The number of hydrogen-bond donors (Lipinski definition) is 1. The van der Waals surface area contributed by atoms with Crippen LogP contribution < -0.4 is 0 Å².